The Morgan fingerprint density at radius 2 is 1.89 bits per heavy atom. The highest BCUT2D eigenvalue weighted by Gasteiger charge is 2.16. The number of anilines is 1. The van der Waals surface area contributed by atoms with Crippen molar-refractivity contribution < 1.29 is 9.50 Å². The molecule has 2 N–H and O–H groups in total. The van der Waals surface area contributed by atoms with Crippen LogP contribution in [0.1, 0.15) is 24.2 Å². The lowest BCUT2D eigenvalue weighted by atomic mass is 10.0. The van der Waals surface area contributed by atoms with Crippen molar-refractivity contribution in [3.8, 4) is 0 Å². The lowest BCUT2D eigenvalue weighted by molar-refractivity contribution is 0.160. The zero-order valence-electron chi connectivity index (χ0n) is 11.0. The molecule has 2 rings (SSSR count). The average molecular weight is 260 g/mol. The zero-order chi connectivity index (χ0) is 13.8. The largest absolute Gasteiger partial charge is 0.386 e. The number of hydrogen-bond acceptors (Lipinski definition) is 3. The van der Waals surface area contributed by atoms with E-state index in [-0.39, 0.29) is 11.9 Å². The number of pyridine rings is 1. The molecule has 0 saturated carbocycles. The van der Waals surface area contributed by atoms with Gasteiger partial charge in [-0.25, -0.2) is 9.37 Å². The van der Waals surface area contributed by atoms with Crippen LogP contribution in [-0.2, 0) is 0 Å². The summed E-state index contributed by atoms with van der Waals surface area (Å²) in [6.07, 6.45) is 0.997. The summed E-state index contributed by atoms with van der Waals surface area (Å²) in [5.41, 5.74) is 1.77. The molecule has 0 aliphatic carbocycles. The lowest BCUT2D eigenvalue weighted by Crippen LogP contribution is -2.24. The first-order valence-electron chi connectivity index (χ1n) is 6.19. The maximum Gasteiger partial charge on any atom is 0.126 e. The molecule has 0 aliphatic heterocycles. The number of nitrogens with zero attached hydrogens (tertiary/aromatic N) is 1. The summed E-state index contributed by atoms with van der Waals surface area (Å²) in [6.45, 7) is 3.84. The second-order valence-corrected chi connectivity index (χ2v) is 4.65. The summed E-state index contributed by atoms with van der Waals surface area (Å²) >= 11 is 0. The number of aryl methyl sites for hydroxylation is 1. The molecule has 1 aromatic carbocycles. The fraction of sp³-hybridized carbons (Fsp3) is 0.267. The average Bonchev–Trinajstić information content (AvgIpc) is 2.39. The predicted molar refractivity (Wildman–Crippen MR) is 73.4 cm³/mol. The van der Waals surface area contributed by atoms with Crippen molar-refractivity contribution in [1.82, 2.24) is 4.98 Å². The van der Waals surface area contributed by atoms with Gasteiger partial charge in [0, 0.05) is 6.20 Å². The quantitative estimate of drug-likeness (QED) is 0.888. The van der Waals surface area contributed by atoms with Gasteiger partial charge in [-0.1, -0.05) is 12.1 Å². The fourth-order valence-electron chi connectivity index (χ4n) is 1.88. The second-order valence-electron chi connectivity index (χ2n) is 4.65. The number of halogens is 1. The predicted octanol–water partition coefficient (Wildman–Crippen LogP) is 3.06. The number of rotatable bonds is 4. The van der Waals surface area contributed by atoms with Gasteiger partial charge in [-0.05, 0) is 49.2 Å². The van der Waals surface area contributed by atoms with Gasteiger partial charge in [0.1, 0.15) is 11.6 Å². The molecule has 0 aliphatic rings. The molecule has 2 atom stereocenters. The van der Waals surface area contributed by atoms with Crippen LogP contribution in [0.4, 0.5) is 10.2 Å². The molecule has 4 heteroatoms. The van der Waals surface area contributed by atoms with Gasteiger partial charge in [-0.3, -0.25) is 0 Å². The van der Waals surface area contributed by atoms with Gasteiger partial charge in [0.2, 0.25) is 0 Å². The van der Waals surface area contributed by atoms with Gasteiger partial charge >= 0.3 is 0 Å². The fourth-order valence-corrected chi connectivity index (χ4v) is 1.88. The van der Waals surface area contributed by atoms with Gasteiger partial charge in [-0.2, -0.15) is 0 Å². The minimum atomic E-state index is -0.720. The van der Waals surface area contributed by atoms with E-state index in [9.17, 15) is 9.50 Å². The smallest absolute Gasteiger partial charge is 0.126 e. The van der Waals surface area contributed by atoms with Gasteiger partial charge < -0.3 is 10.4 Å². The van der Waals surface area contributed by atoms with Crippen LogP contribution in [0, 0.1) is 12.7 Å². The third kappa shape index (κ3) is 3.51. The summed E-state index contributed by atoms with van der Waals surface area (Å²) in [6, 6.07) is 9.45. The van der Waals surface area contributed by atoms with Crippen LogP contribution in [0.5, 0.6) is 0 Å². The first kappa shape index (κ1) is 13.5. The van der Waals surface area contributed by atoms with Crippen LogP contribution in [0.3, 0.4) is 0 Å². The van der Waals surface area contributed by atoms with Crippen molar-refractivity contribution >= 4 is 5.82 Å². The number of nitrogens with one attached hydrogen (secondary N) is 1. The molecule has 100 valence electrons. The third-order valence-corrected chi connectivity index (χ3v) is 2.98. The van der Waals surface area contributed by atoms with E-state index in [0.29, 0.717) is 11.4 Å². The molecule has 2 aromatic rings. The van der Waals surface area contributed by atoms with Crippen LogP contribution in [0.15, 0.2) is 42.6 Å². The standard InChI is InChI=1S/C15H17FN2O/c1-10-7-8-17-14(9-10)18-11(2)15(19)12-3-5-13(16)6-4-12/h3-9,11,15,19H,1-2H3,(H,17,18)/t11-,15-/m0/s1. The van der Waals surface area contributed by atoms with Crippen molar-refractivity contribution in [3.05, 3.63) is 59.5 Å². The first-order chi connectivity index (χ1) is 9.06. The van der Waals surface area contributed by atoms with Crippen molar-refractivity contribution in [1.29, 1.82) is 0 Å². The van der Waals surface area contributed by atoms with Gasteiger partial charge in [-0.15, -0.1) is 0 Å². The molecule has 0 radical (unpaired) electrons. The van der Waals surface area contributed by atoms with Crippen LogP contribution < -0.4 is 5.32 Å². The maximum atomic E-state index is 12.8. The molecule has 1 heterocycles. The summed E-state index contributed by atoms with van der Waals surface area (Å²) < 4.78 is 12.8. The number of aliphatic hydroxyl groups excluding tert-OH is 1. The molecule has 0 amide bonds. The Kier molecular flexibility index (Phi) is 4.12. The lowest BCUT2D eigenvalue weighted by Gasteiger charge is -2.21. The molecule has 0 spiro atoms. The minimum Gasteiger partial charge on any atom is -0.386 e. The Bertz CT molecular complexity index is 542. The van der Waals surface area contributed by atoms with E-state index < -0.39 is 6.10 Å². The van der Waals surface area contributed by atoms with Crippen molar-refractivity contribution in [3.63, 3.8) is 0 Å². The highest BCUT2D eigenvalue weighted by Crippen LogP contribution is 2.20. The molecule has 0 bridgehead atoms. The third-order valence-electron chi connectivity index (χ3n) is 2.98. The molecule has 19 heavy (non-hydrogen) atoms. The SMILES string of the molecule is Cc1ccnc(N[C@@H](C)[C@H](O)c2ccc(F)cc2)c1. The van der Waals surface area contributed by atoms with Crippen LogP contribution in [-0.4, -0.2) is 16.1 Å². The minimum absolute atomic E-state index is 0.222. The Morgan fingerprint density at radius 1 is 1.21 bits per heavy atom. The van der Waals surface area contributed by atoms with E-state index in [4.69, 9.17) is 0 Å². The van der Waals surface area contributed by atoms with E-state index in [1.165, 1.54) is 12.1 Å². The molecule has 3 nitrogen and oxygen atoms in total. The Labute approximate surface area is 112 Å². The van der Waals surface area contributed by atoms with E-state index in [1.807, 2.05) is 26.0 Å². The summed E-state index contributed by atoms with van der Waals surface area (Å²) in [5, 5.41) is 13.3. The topological polar surface area (TPSA) is 45.2 Å². The monoisotopic (exact) mass is 260 g/mol. The number of benzene rings is 1. The Balaban J connectivity index is 2.07. The summed E-state index contributed by atoms with van der Waals surface area (Å²) in [7, 11) is 0. The van der Waals surface area contributed by atoms with Crippen molar-refractivity contribution in [2.24, 2.45) is 0 Å². The van der Waals surface area contributed by atoms with E-state index in [1.54, 1.807) is 18.3 Å². The van der Waals surface area contributed by atoms with E-state index in [0.717, 1.165) is 5.56 Å². The van der Waals surface area contributed by atoms with Crippen LogP contribution in [0.2, 0.25) is 0 Å². The molecular formula is C15H17FN2O. The van der Waals surface area contributed by atoms with Crippen LogP contribution >= 0.6 is 0 Å². The zero-order valence-corrected chi connectivity index (χ0v) is 11.0. The first-order valence-corrected chi connectivity index (χ1v) is 6.19. The highest BCUT2D eigenvalue weighted by molar-refractivity contribution is 5.38. The maximum absolute atomic E-state index is 12.8. The molecule has 0 saturated heterocycles. The van der Waals surface area contributed by atoms with Crippen LogP contribution in [0.25, 0.3) is 0 Å². The Morgan fingerprint density at radius 3 is 2.53 bits per heavy atom. The van der Waals surface area contributed by atoms with Gasteiger partial charge in [0.05, 0.1) is 12.1 Å². The van der Waals surface area contributed by atoms with Gasteiger partial charge in [0.25, 0.3) is 0 Å². The molecule has 0 unspecified atom stereocenters. The molecular weight excluding hydrogens is 243 g/mol. The summed E-state index contributed by atoms with van der Waals surface area (Å²) in [4.78, 5) is 4.19. The number of aliphatic hydroxyl groups is 1. The summed E-state index contributed by atoms with van der Waals surface area (Å²) in [5.74, 6) is 0.408. The van der Waals surface area contributed by atoms with Crippen molar-refractivity contribution in [2.75, 3.05) is 5.32 Å². The van der Waals surface area contributed by atoms with E-state index in [2.05, 4.69) is 10.3 Å². The van der Waals surface area contributed by atoms with Crippen molar-refractivity contribution in [2.45, 2.75) is 26.0 Å². The molecule has 1 aromatic heterocycles. The van der Waals surface area contributed by atoms with E-state index >= 15 is 0 Å². The number of aromatic nitrogens is 1. The van der Waals surface area contributed by atoms with Gasteiger partial charge in [0.15, 0.2) is 0 Å². The highest BCUT2D eigenvalue weighted by atomic mass is 19.1. The number of hydrogen-bond donors (Lipinski definition) is 2. The second kappa shape index (κ2) is 5.80. The normalized spacial score (nSPS) is 13.9. The molecule has 0 fully saturated rings. The Hall–Kier alpha value is -1.94.